The van der Waals surface area contributed by atoms with Crippen molar-refractivity contribution in [2.75, 3.05) is 17.6 Å². The lowest BCUT2D eigenvalue weighted by Crippen LogP contribution is -2.48. The van der Waals surface area contributed by atoms with Crippen molar-refractivity contribution in [3.05, 3.63) is 28.7 Å². The molecule has 0 spiro atoms. The van der Waals surface area contributed by atoms with Crippen LogP contribution in [0.25, 0.3) is 11.1 Å². The number of amides is 1. The number of oxazole rings is 1. The van der Waals surface area contributed by atoms with E-state index in [9.17, 15) is 18.0 Å². The number of nitrogens with one attached hydrogen (secondary N) is 2. The molecular formula is C15H19N3O5S. The number of nitrogens with zero attached hydrogens (tertiary/aromatic N) is 1. The highest BCUT2D eigenvalue weighted by Crippen LogP contribution is 2.24. The summed E-state index contributed by atoms with van der Waals surface area (Å²) in [6.45, 7) is 3.98. The molecule has 1 aliphatic heterocycles. The number of sulfonamides is 1. The van der Waals surface area contributed by atoms with E-state index >= 15 is 0 Å². The Morgan fingerprint density at radius 1 is 1.38 bits per heavy atom. The monoisotopic (exact) mass is 353 g/mol. The molecule has 1 fully saturated rings. The lowest BCUT2D eigenvalue weighted by Gasteiger charge is -2.28. The van der Waals surface area contributed by atoms with Crippen LogP contribution in [0.15, 0.2) is 27.4 Å². The summed E-state index contributed by atoms with van der Waals surface area (Å²) in [5.41, 5.74) is 1.32. The van der Waals surface area contributed by atoms with Crippen molar-refractivity contribution in [2.24, 2.45) is 5.92 Å². The summed E-state index contributed by atoms with van der Waals surface area (Å²) in [4.78, 5) is 26.4. The standard InChI is InChI=1S/C15H19N3O5S/c1-9(2)13(18-6-3-7-24(18,21)22)14(19)16-10-4-5-12-11(8-10)17-15(20)23-12/h4-5,8-9,13H,3,6-7H2,1-2H3,(H,16,19)(H,17,20)/t13-/m0/s1. The second kappa shape index (κ2) is 6.06. The number of aromatic amines is 1. The van der Waals surface area contributed by atoms with Gasteiger partial charge in [0, 0.05) is 12.2 Å². The van der Waals surface area contributed by atoms with E-state index in [-0.39, 0.29) is 17.6 Å². The van der Waals surface area contributed by atoms with Crippen molar-refractivity contribution < 1.29 is 17.6 Å². The van der Waals surface area contributed by atoms with E-state index in [1.807, 2.05) is 13.8 Å². The maximum absolute atomic E-state index is 12.7. The van der Waals surface area contributed by atoms with Crippen LogP contribution in [-0.4, -0.2) is 42.0 Å². The molecule has 2 aromatic rings. The number of carbonyl (C=O) groups excluding carboxylic acids is 1. The van der Waals surface area contributed by atoms with Crippen LogP contribution in [0.4, 0.5) is 5.69 Å². The summed E-state index contributed by atoms with van der Waals surface area (Å²) in [6.07, 6.45) is 0.529. The number of anilines is 1. The van der Waals surface area contributed by atoms with Gasteiger partial charge in [-0.1, -0.05) is 13.8 Å². The summed E-state index contributed by atoms with van der Waals surface area (Å²) in [6, 6.07) is 3.98. The minimum atomic E-state index is -3.39. The molecule has 0 aliphatic carbocycles. The molecule has 3 rings (SSSR count). The number of aromatic nitrogens is 1. The van der Waals surface area contributed by atoms with Crippen LogP contribution < -0.4 is 11.1 Å². The average molecular weight is 353 g/mol. The highest BCUT2D eigenvalue weighted by Gasteiger charge is 2.39. The van der Waals surface area contributed by atoms with Gasteiger partial charge in [-0.2, -0.15) is 4.31 Å². The number of hydrogen-bond acceptors (Lipinski definition) is 5. The third-order valence-electron chi connectivity index (χ3n) is 4.03. The van der Waals surface area contributed by atoms with Crippen LogP contribution >= 0.6 is 0 Å². The minimum Gasteiger partial charge on any atom is -0.408 e. The molecule has 0 radical (unpaired) electrons. The Balaban J connectivity index is 1.86. The van der Waals surface area contributed by atoms with Crippen molar-refractivity contribution in [3.8, 4) is 0 Å². The summed E-state index contributed by atoms with van der Waals surface area (Å²) in [5, 5.41) is 2.73. The van der Waals surface area contributed by atoms with E-state index in [2.05, 4.69) is 10.3 Å². The fourth-order valence-corrected chi connectivity index (χ4v) is 4.80. The molecule has 8 nitrogen and oxygen atoms in total. The first-order valence-electron chi connectivity index (χ1n) is 7.71. The molecule has 1 aromatic heterocycles. The number of benzene rings is 1. The van der Waals surface area contributed by atoms with Crippen LogP contribution in [0.1, 0.15) is 20.3 Å². The fourth-order valence-electron chi connectivity index (χ4n) is 2.98. The number of H-pyrrole nitrogens is 1. The first-order valence-corrected chi connectivity index (χ1v) is 9.32. The van der Waals surface area contributed by atoms with Crippen LogP contribution in [0.2, 0.25) is 0 Å². The smallest absolute Gasteiger partial charge is 0.408 e. The maximum atomic E-state index is 12.7. The fraction of sp³-hybridized carbons (Fsp3) is 0.467. The Morgan fingerprint density at radius 2 is 2.12 bits per heavy atom. The molecule has 24 heavy (non-hydrogen) atoms. The third kappa shape index (κ3) is 3.09. The van der Waals surface area contributed by atoms with E-state index < -0.39 is 21.8 Å². The molecule has 9 heteroatoms. The largest absolute Gasteiger partial charge is 0.417 e. The Hall–Kier alpha value is -2.13. The molecule has 0 unspecified atom stereocenters. The predicted molar refractivity (Wildman–Crippen MR) is 89.2 cm³/mol. The van der Waals surface area contributed by atoms with Gasteiger partial charge in [-0.05, 0) is 30.5 Å². The first-order chi connectivity index (χ1) is 11.3. The van der Waals surface area contributed by atoms with E-state index in [1.165, 1.54) is 4.31 Å². The number of rotatable bonds is 4. The van der Waals surface area contributed by atoms with E-state index in [0.29, 0.717) is 29.8 Å². The van der Waals surface area contributed by atoms with Gasteiger partial charge in [0.1, 0.15) is 6.04 Å². The second-order valence-corrected chi connectivity index (χ2v) is 8.22. The zero-order valence-corrected chi connectivity index (χ0v) is 14.2. The molecule has 1 atom stereocenters. The third-order valence-corrected chi connectivity index (χ3v) is 5.96. The van der Waals surface area contributed by atoms with Gasteiger partial charge in [0.05, 0.1) is 11.3 Å². The molecule has 0 saturated carbocycles. The van der Waals surface area contributed by atoms with Gasteiger partial charge in [0.25, 0.3) is 0 Å². The summed E-state index contributed by atoms with van der Waals surface area (Å²) in [7, 11) is -3.39. The van der Waals surface area contributed by atoms with Gasteiger partial charge in [-0.15, -0.1) is 0 Å². The number of fused-ring (bicyclic) bond motifs is 1. The van der Waals surface area contributed by atoms with Gasteiger partial charge in [0.2, 0.25) is 15.9 Å². The van der Waals surface area contributed by atoms with Gasteiger partial charge in [0.15, 0.2) is 5.58 Å². The summed E-state index contributed by atoms with van der Waals surface area (Å²) >= 11 is 0. The SMILES string of the molecule is CC(C)[C@@H](C(=O)Nc1ccc2oc(=O)[nH]c2c1)N1CCCS1(=O)=O. The Bertz CT molecular complexity index is 928. The molecule has 2 heterocycles. The average Bonchev–Trinajstić information content (AvgIpc) is 3.00. The quantitative estimate of drug-likeness (QED) is 0.855. The lowest BCUT2D eigenvalue weighted by molar-refractivity contribution is -0.120. The molecular weight excluding hydrogens is 334 g/mol. The van der Waals surface area contributed by atoms with Gasteiger partial charge >= 0.3 is 5.76 Å². The first kappa shape index (κ1) is 16.7. The van der Waals surface area contributed by atoms with Crippen LogP contribution in [0.5, 0.6) is 0 Å². The Kier molecular flexibility index (Phi) is 4.22. The molecule has 1 saturated heterocycles. The Labute approximate surface area is 138 Å². The topological polar surface area (TPSA) is 112 Å². The normalized spacial score (nSPS) is 19.0. The van der Waals surface area contributed by atoms with Crippen LogP contribution in [0, 0.1) is 5.92 Å². The predicted octanol–water partition coefficient (Wildman–Crippen LogP) is 1.12. The van der Waals surface area contributed by atoms with Gasteiger partial charge in [-0.3, -0.25) is 9.78 Å². The summed E-state index contributed by atoms with van der Waals surface area (Å²) in [5.74, 6) is -1.06. The van der Waals surface area contributed by atoms with Crippen molar-refractivity contribution in [2.45, 2.75) is 26.3 Å². The van der Waals surface area contributed by atoms with Crippen molar-refractivity contribution in [3.63, 3.8) is 0 Å². The zero-order valence-electron chi connectivity index (χ0n) is 13.4. The van der Waals surface area contributed by atoms with Crippen LogP contribution in [0.3, 0.4) is 0 Å². The number of carbonyl (C=O) groups is 1. The van der Waals surface area contributed by atoms with Crippen molar-refractivity contribution in [1.29, 1.82) is 0 Å². The van der Waals surface area contributed by atoms with E-state index in [0.717, 1.165) is 0 Å². The molecule has 0 bridgehead atoms. The highest BCUT2D eigenvalue weighted by molar-refractivity contribution is 7.89. The van der Waals surface area contributed by atoms with Crippen molar-refractivity contribution >= 4 is 32.7 Å². The highest BCUT2D eigenvalue weighted by atomic mass is 32.2. The van der Waals surface area contributed by atoms with Gasteiger partial charge < -0.3 is 9.73 Å². The number of hydrogen-bond donors (Lipinski definition) is 2. The second-order valence-electron chi connectivity index (χ2n) is 6.18. The molecule has 1 aromatic carbocycles. The minimum absolute atomic E-state index is 0.0751. The Morgan fingerprint density at radius 3 is 2.75 bits per heavy atom. The summed E-state index contributed by atoms with van der Waals surface area (Å²) < 4.78 is 30.5. The van der Waals surface area contributed by atoms with Crippen molar-refractivity contribution in [1.82, 2.24) is 9.29 Å². The zero-order chi connectivity index (χ0) is 17.5. The molecule has 2 N–H and O–H groups in total. The lowest BCUT2D eigenvalue weighted by atomic mass is 10.0. The molecule has 1 amide bonds. The molecule has 130 valence electrons. The van der Waals surface area contributed by atoms with Crippen LogP contribution in [-0.2, 0) is 14.8 Å². The van der Waals surface area contributed by atoms with Gasteiger partial charge in [-0.25, -0.2) is 13.2 Å². The maximum Gasteiger partial charge on any atom is 0.417 e. The van der Waals surface area contributed by atoms with E-state index in [1.54, 1.807) is 18.2 Å². The van der Waals surface area contributed by atoms with E-state index in [4.69, 9.17) is 4.42 Å². The molecule has 1 aliphatic rings.